The van der Waals surface area contributed by atoms with Crippen LogP contribution >= 0.6 is 34.8 Å². The Balaban J connectivity index is 1.55. The summed E-state index contributed by atoms with van der Waals surface area (Å²) in [5.74, 6) is -1.27. The van der Waals surface area contributed by atoms with Gasteiger partial charge in [0.2, 0.25) is 0 Å². The minimum absolute atomic E-state index is 0.0124. The minimum atomic E-state index is -3.98. The molecular formula is C22H16Cl3N5O5S. The molecule has 186 valence electrons. The number of aromatic nitrogens is 2. The van der Waals surface area contributed by atoms with Crippen LogP contribution < -0.4 is 19.7 Å². The van der Waals surface area contributed by atoms with Crippen molar-refractivity contribution in [3.05, 3.63) is 75.0 Å². The second kappa shape index (κ2) is 9.94. The number of amides is 2. The molecule has 2 amide bonds. The van der Waals surface area contributed by atoms with E-state index in [1.807, 2.05) is 0 Å². The fourth-order valence-electron chi connectivity index (χ4n) is 3.25. The largest absolute Gasteiger partial charge is 0.494 e. The topological polar surface area (TPSA) is 131 Å². The van der Waals surface area contributed by atoms with Crippen LogP contribution in [0.1, 0.15) is 5.56 Å². The Hall–Kier alpha value is -3.38. The second-order valence-electron chi connectivity index (χ2n) is 7.40. The molecule has 0 bridgehead atoms. The summed E-state index contributed by atoms with van der Waals surface area (Å²) >= 11 is 18.0. The lowest BCUT2D eigenvalue weighted by Gasteiger charge is -2.19. The van der Waals surface area contributed by atoms with Crippen LogP contribution in [0.4, 0.5) is 17.2 Å². The van der Waals surface area contributed by atoms with Gasteiger partial charge in [0.25, 0.3) is 21.8 Å². The number of imide groups is 1. The number of ether oxygens (including phenoxy) is 1. The summed E-state index contributed by atoms with van der Waals surface area (Å²) in [5, 5.41) is 10.2. The summed E-state index contributed by atoms with van der Waals surface area (Å²) in [6.45, 7) is 1.72. The van der Waals surface area contributed by atoms with Gasteiger partial charge in [-0.05, 0) is 55.0 Å². The lowest BCUT2D eigenvalue weighted by molar-refractivity contribution is -0.120. The summed E-state index contributed by atoms with van der Waals surface area (Å²) in [6, 6.07) is 11.2. The van der Waals surface area contributed by atoms with Crippen molar-refractivity contribution in [1.29, 1.82) is 0 Å². The summed E-state index contributed by atoms with van der Waals surface area (Å²) in [7, 11) is -2.59. The lowest BCUT2D eigenvalue weighted by atomic mass is 10.2. The average Bonchev–Trinajstić information content (AvgIpc) is 3.05. The highest BCUT2D eigenvalue weighted by molar-refractivity contribution is 7.92. The first-order valence-electron chi connectivity index (χ1n) is 10.0. The van der Waals surface area contributed by atoms with Gasteiger partial charge in [-0.2, -0.15) is 0 Å². The van der Waals surface area contributed by atoms with Gasteiger partial charge < -0.3 is 10.1 Å². The molecule has 1 aliphatic rings. The maximum Gasteiger partial charge on any atom is 0.283 e. The highest BCUT2D eigenvalue weighted by atomic mass is 35.5. The molecule has 0 fully saturated rings. The Kier molecular flexibility index (Phi) is 7.10. The highest BCUT2D eigenvalue weighted by Crippen LogP contribution is 2.38. The first kappa shape index (κ1) is 25.7. The van der Waals surface area contributed by atoms with Gasteiger partial charge in [0.1, 0.15) is 16.5 Å². The van der Waals surface area contributed by atoms with E-state index in [-0.39, 0.29) is 38.0 Å². The number of halogens is 3. The zero-order chi connectivity index (χ0) is 26.2. The predicted octanol–water partition coefficient (Wildman–Crippen LogP) is 4.34. The highest BCUT2D eigenvalue weighted by Gasteiger charge is 2.40. The smallest absolute Gasteiger partial charge is 0.283 e. The molecule has 4 rings (SSSR count). The molecule has 0 unspecified atom stereocenters. The molecule has 2 aromatic carbocycles. The summed E-state index contributed by atoms with van der Waals surface area (Å²) in [4.78, 5) is 26.8. The fraction of sp³-hybridized carbons (Fsp3) is 0.0909. The third kappa shape index (κ3) is 4.96. The van der Waals surface area contributed by atoms with Crippen LogP contribution in [0.2, 0.25) is 10.2 Å². The number of nitrogens with one attached hydrogen (secondary N) is 2. The van der Waals surface area contributed by atoms with Crippen LogP contribution in [0, 0.1) is 6.92 Å². The molecule has 1 aromatic heterocycles. The summed E-state index contributed by atoms with van der Waals surface area (Å²) in [5.41, 5.74) is 0.944. The van der Waals surface area contributed by atoms with Gasteiger partial charge in [-0.15, -0.1) is 10.2 Å². The lowest BCUT2D eigenvalue weighted by Crippen LogP contribution is -2.32. The summed E-state index contributed by atoms with van der Waals surface area (Å²) in [6.07, 6.45) is 0. The van der Waals surface area contributed by atoms with Crippen molar-refractivity contribution in [2.24, 2.45) is 0 Å². The van der Waals surface area contributed by atoms with E-state index < -0.39 is 21.8 Å². The molecule has 2 heterocycles. The fourth-order valence-corrected chi connectivity index (χ4v) is 4.71. The SMILES string of the molecule is COc1cc(Cl)c(C)cc1N1C(=O)C(Cl)=C(Nc2ccc(S(=O)(=O)Nc3ccc(Cl)nn3)cc2)C1=O. The van der Waals surface area contributed by atoms with Crippen LogP contribution in [-0.4, -0.2) is 37.5 Å². The maximum absolute atomic E-state index is 13.1. The van der Waals surface area contributed by atoms with E-state index in [1.165, 1.54) is 49.6 Å². The van der Waals surface area contributed by atoms with Crippen molar-refractivity contribution in [3.63, 3.8) is 0 Å². The van der Waals surface area contributed by atoms with E-state index in [9.17, 15) is 18.0 Å². The Bertz CT molecular complexity index is 1510. The molecule has 0 aliphatic carbocycles. The Morgan fingerprint density at radius 3 is 2.25 bits per heavy atom. The zero-order valence-corrected chi connectivity index (χ0v) is 21.6. The van der Waals surface area contributed by atoms with Gasteiger partial charge in [0, 0.05) is 16.8 Å². The van der Waals surface area contributed by atoms with Crippen molar-refractivity contribution < 1.29 is 22.7 Å². The minimum Gasteiger partial charge on any atom is -0.494 e. The molecule has 1 aliphatic heterocycles. The zero-order valence-electron chi connectivity index (χ0n) is 18.5. The Morgan fingerprint density at radius 1 is 0.944 bits per heavy atom. The van der Waals surface area contributed by atoms with Gasteiger partial charge in [0.15, 0.2) is 11.0 Å². The van der Waals surface area contributed by atoms with Crippen LogP contribution in [-0.2, 0) is 19.6 Å². The van der Waals surface area contributed by atoms with Crippen molar-refractivity contribution in [3.8, 4) is 5.75 Å². The third-order valence-corrected chi connectivity index (χ3v) is 7.36. The number of sulfonamides is 1. The van der Waals surface area contributed by atoms with E-state index in [1.54, 1.807) is 13.0 Å². The number of aryl methyl sites for hydroxylation is 1. The number of nitrogens with zero attached hydrogens (tertiary/aromatic N) is 3. The van der Waals surface area contributed by atoms with Crippen LogP contribution in [0.5, 0.6) is 5.75 Å². The van der Waals surface area contributed by atoms with Gasteiger partial charge in [-0.25, -0.2) is 13.3 Å². The predicted molar refractivity (Wildman–Crippen MR) is 136 cm³/mol. The van der Waals surface area contributed by atoms with Crippen LogP contribution in [0.3, 0.4) is 0 Å². The molecule has 3 aromatic rings. The molecule has 0 atom stereocenters. The van der Waals surface area contributed by atoms with Crippen molar-refractivity contribution in [1.82, 2.24) is 10.2 Å². The molecular weight excluding hydrogens is 553 g/mol. The maximum atomic E-state index is 13.1. The third-order valence-electron chi connectivity index (χ3n) is 5.03. The average molecular weight is 569 g/mol. The molecule has 14 heteroatoms. The number of rotatable bonds is 7. The van der Waals surface area contributed by atoms with E-state index in [0.717, 1.165) is 4.90 Å². The first-order chi connectivity index (χ1) is 17.0. The van der Waals surface area contributed by atoms with E-state index >= 15 is 0 Å². The van der Waals surface area contributed by atoms with Crippen molar-refractivity contribution >= 4 is 73.8 Å². The molecule has 10 nitrogen and oxygen atoms in total. The van der Waals surface area contributed by atoms with Gasteiger partial charge >= 0.3 is 0 Å². The van der Waals surface area contributed by atoms with Crippen LogP contribution in [0.25, 0.3) is 0 Å². The Labute approximate surface area is 220 Å². The molecule has 36 heavy (non-hydrogen) atoms. The van der Waals surface area contributed by atoms with Gasteiger partial charge in [0.05, 0.1) is 17.7 Å². The molecule has 0 saturated heterocycles. The first-order valence-corrected chi connectivity index (χ1v) is 12.7. The normalized spacial score (nSPS) is 13.9. The second-order valence-corrected chi connectivity index (χ2v) is 10.3. The van der Waals surface area contributed by atoms with Crippen molar-refractivity contribution in [2.45, 2.75) is 11.8 Å². The van der Waals surface area contributed by atoms with Gasteiger partial charge in [-0.1, -0.05) is 34.8 Å². The molecule has 0 saturated carbocycles. The molecule has 2 N–H and O–H groups in total. The number of benzene rings is 2. The molecule has 0 spiro atoms. The van der Waals surface area contributed by atoms with E-state index in [0.29, 0.717) is 16.3 Å². The van der Waals surface area contributed by atoms with Crippen molar-refractivity contribution in [2.75, 3.05) is 22.0 Å². The number of hydrogen-bond acceptors (Lipinski definition) is 8. The van der Waals surface area contributed by atoms with E-state index in [2.05, 4.69) is 20.2 Å². The number of methoxy groups -OCH3 is 1. The quantitative estimate of drug-likeness (QED) is 0.403. The summed E-state index contributed by atoms with van der Waals surface area (Å²) < 4.78 is 32.8. The van der Waals surface area contributed by atoms with Crippen LogP contribution in [0.15, 0.2) is 64.2 Å². The Morgan fingerprint density at radius 2 is 1.64 bits per heavy atom. The van der Waals surface area contributed by atoms with Gasteiger partial charge in [-0.3, -0.25) is 14.3 Å². The number of anilines is 3. The monoisotopic (exact) mass is 567 g/mol. The molecule has 0 radical (unpaired) electrons. The van der Waals surface area contributed by atoms with E-state index in [4.69, 9.17) is 39.5 Å². The number of carbonyl (C=O) groups is 2. The number of hydrogen-bond donors (Lipinski definition) is 2. The standard InChI is InChI=1S/C22H16Cl3N5O5S/c1-11-9-15(16(35-2)10-14(11)23)30-21(31)19(25)20(22(30)32)26-12-3-5-13(6-4-12)36(33,34)29-18-8-7-17(24)27-28-18/h3-10,26H,1-2H3,(H,28,29). The number of carbonyl (C=O) groups excluding carboxylic acids is 2.